The third kappa shape index (κ3) is 1.44. The summed E-state index contributed by atoms with van der Waals surface area (Å²) in [5.74, 6) is -0.458. The van der Waals surface area contributed by atoms with Crippen molar-refractivity contribution in [3.63, 3.8) is 0 Å². The molecule has 0 spiro atoms. The Labute approximate surface area is 90.4 Å². The third-order valence-electron chi connectivity index (χ3n) is 2.58. The van der Waals surface area contributed by atoms with E-state index in [2.05, 4.69) is 5.10 Å². The largest absolute Gasteiger partial charge is 0.465 e. The van der Waals surface area contributed by atoms with Gasteiger partial charge in [0.25, 0.3) is 5.91 Å². The number of anilines is 1. The topological polar surface area (TPSA) is 127 Å². The van der Waals surface area contributed by atoms with Gasteiger partial charge in [-0.15, -0.1) is 0 Å². The number of hydrogen-bond donors (Lipinski definition) is 3. The first-order valence-electron chi connectivity index (χ1n) is 4.61. The average molecular weight is 225 g/mol. The van der Waals surface area contributed by atoms with Crippen molar-refractivity contribution in [2.45, 2.75) is 6.04 Å². The predicted molar refractivity (Wildman–Crippen MR) is 53.8 cm³/mol. The normalized spacial score (nSPS) is 15.9. The molecule has 86 valence electrons. The van der Waals surface area contributed by atoms with Gasteiger partial charge in [0.2, 0.25) is 0 Å². The Morgan fingerprint density at radius 3 is 2.56 bits per heavy atom. The molecule has 0 atom stereocenters. The highest BCUT2D eigenvalue weighted by Crippen LogP contribution is 2.24. The lowest BCUT2D eigenvalue weighted by Crippen LogP contribution is -2.50. The van der Waals surface area contributed by atoms with E-state index in [1.807, 2.05) is 0 Å². The Bertz CT molecular complexity index is 449. The molecule has 0 aromatic carbocycles. The number of carbonyl (C=O) groups excluding carboxylic acids is 1. The fourth-order valence-electron chi connectivity index (χ4n) is 1.62. The van der Waals surface area contributed by atoms with E-state index in [4.69, 9.17) is 16.6 Å². The number of likely N-dealkylation sites (tertiary alicyclic amines) is 1. The lowest BCUT2D eigenvalue weighted by molar-refractivity contribution is 0.0819. The van der Waals surface area contributed by atoms with Gasteiger partial charge in [-0.05, 0) is 0 Å². The molecular weight excluding hydrogens is 214 g/mol. The van der Waals surface area contributed by atoms with Crippen LogP contribution in [0.15, 0.2) is 6.20 Å². The number of carbonyl (C=O) groups is 2. The zero-order chi connectivity index (χ0) is 11.9. The number of carboxylic acid groups (broad SMARTS) is 1. The van der Waals surface area contributed by atoms with Gasteiger partial charge in [-0.3, -0.25) is 4.79 Å². The van der Waals surface area contributed by atoms with Crippen molar-refractivity contribution in [1.29, 1.82) is 0 Å². The summed E-state index contributed by atoms with van der Waals surface area (Å²) in [5, 5.41) is 12.6. The number of nitrogen functional groups attached to an aromatic ring is 1. The summed E-state index contributed by atoms with van der Waals surface area (Å²) in [7, 11) is 0. The highest BCUT2D eigenvalue weighted by Gasteiger charge is 2.34. The number of hydrogen-bond acceptors (Lipinski definition) is 4. The van der Waals surface area contributed by atoms with Gasteiger partial charge >= 0.3 is 6.09 Å². The minimum absolute atomic E-state index is 0.121. The fraction of sp³-hybridized carbons (Fsp3) is 0.375. The molecule has 0 bridgehead atoms. The van der Waals surface area contributed by atoms with E-state index < -0.39 is 12.0 Å². The van der Waals surface area contributed by atoms with Crippen LogP contribution in [0.25, 0.3) is 0 Å². The number of nitrogens with two attached hydrogens (primary N) is 2. The van der Waals surface area contributed by atoms with Crippen LogP contribution in [0.1, 0.15) is 16.4 Å². The molecule has 1 aromatic rings. The molecule has 1 aromatic heterocycles. The molecule has 2 heterocycles. The molecule has 2 amide bonds. The average Bonchev–Trinajstić information content (AvgIpc) is 2.45. The highest BCUT2D eigenvalue weighted by molar-refractivity contribution is 5.96. The van der Waals surface area contributed by atoms with Crippen molar-refractivity contribution < 1.29 is 14.7 Å². The van der Waals surface area contributed by atoms with Crippen LogP contribution < -0.4 is 11.5 Å². The van der Waals surface area contributed by atoms with Gasteiger partial charge in [0.15, 0.2) is 0 Å². The summed E-state index contributed by atoms with van der Waals surface area (Å²) < 4.78 is 1.43. The number of primary amides is 1. The molecule has 1 aliphatic heterocycles. The molecule has 0 saturated carbocycles. The van der Waals surface area contributed by atoms with Crippen molar-refractivity contribution in [2.24, 2.45) is 5.73 Å². The van der Waals surface area contributed by atoms with Crippen LogP contribution in [0.2, 0.25) is 0 Å². The molecular formula is C8H11N5O3. The van der Waals surface area contributed by atoms with Crippen molar-refractivity contribution in [3.8, 4) is 0 Å². The lowest BCUT2D eigenvalue weighted by Gasteiger charge is -2.37. The Balaban J connectivity index is 2.13. The number of aromatic nitrogens is 2. The molecule has 16 heavy (non-hydrogen) atoms. The molecule has 8 nitrogen and oxygen atoms in total. The van der Waals surface area contributed by atoms with E-state index in [9.17, 15) is 9.59 Å². The summed E-state index contributed by atoms with van der Waals surface area (Å²) in [5.41, 5.74) is 10.9. The molecule has 8 heteroatoms. The smallest absolute Gasteiger partial charge is 0.407 e. The Morgan fingerprint density at radius 1 is 1.50 bits per heavy atom. The second-order valence-corrected chi connectivity index (χ2v) is 3.59. The van der Waals surface area contributed by atoms with Gasteiger partial charge in [0, 0.05) is 13.1 Å². The standard InChI is InChI=1S/C8H11N5O3/c9-6-5(7(10)14)1-11-13(6)4-2-12(3-4)8(15)16/h1,4H,2-3,9H2,(H2,10,14)(H,15,16). The van der Waals surface area contributed by atoms with E-state index >= 15 is 0 Å². The fourth-order valence-corrected chi connectivity index (χ4v) is 1.62. The molecule has 1 saturated heterocycles. The summed E-state index contributed by atoms with van der Waals surface area (Å²) in [6.45, 7) is 0.638. The van der Waals surface area contributed by atoms with E-state index in [1.54, 1.807) is 0 Å². The minimum atomic E-state index is -0.975. The van der Waals surface area contributed by atoms with Crippen molar-refractivity contribution in [3.05, 3.63) is 11.8 Å². The third-order valence-corrected chi connectivity index (χ3v) is 2.58. The van der Waals surface area contributed by atoms with Crippen LogP contribution >= 0.6 is 0 Å². The van der Waals surface area contributed by atoms with Gasteiger partial charge in [0.05, 0.1) is 12.2 Å². The van der Waals surface area contributed by atoms with E-state index in [-0.39, 0.29) is 17.4 Å². The zero-order valence-corrected chi connectivity index (χ0v) is 8.33. The Hall–Kier alpha value is -2.25. The summed E-state index contributed by atoms with van der Waals surface area (Å²) in [6.07, 6.45) is 0.318. The van der Waals surface area contributed by atoms with E-state index in [1.165, 1.54) is 15.8 Å². The highest BCUT2D eigenvalue weighted by atomic mass is 16.4. The Morgan fingerprint density at radius 2 is 2.12 bits per heavy atom. The number of amides is 2. The van der Waals surface area contributed by atoms with Crippen LogP contribution in [0.3, 0.4) is 0 Å². The Kier molecular flexibility index (Phi) is 2.18. The second kappa shape index (κ2) is 3.40. The SMILES string of the molecule is NC(=O)c1cnn(C2CN(C(=O)O)C2)c1N. The molecule has 5 N–H and O–H groups in total. The van der Waals surface area contributed by atoms with E-state index in [0.717, 1.165) is 0 Å². The lowest BCUT2D eigenvalue weighted by atomic mass is 10.1. The maximum Gasteiger partial charge on any atom is 0.407 e. The van der Waals surface area contributed by atoms with Gasteiger partial charge in [-0.1, -0.05) is 0 Å². The maximum atomic E-state index is 10.9. The molecule has 2 rings (SSSR count). The quantitative estimate of drug-likeness (QED) is 0.600. The summed E-state index contributed by atoms with van der Waals surface area (Å²) in [6, 6.07) is -0.121. The maximum absolute atomic E-state index is 10.9. The van der Waals surface area contributed by atoms with Gasteiger partial charge in [0.1, 0.15) is 11.4 Å². The van der Waals surface area contributed by atoms with Crippen LogP contribution in [0.4, 0.5) is 10.6 Å². The van der Waals surface area contributed by atoms with E-state index in [0.29, 0.717) is 13.1 Å². The minimum Gasteiger partial charge on any atom is -0.465 e. The zero-order valence-electron chi connectivity index (χ0n) is 8.33. The molecule has 0 aliphatic carbocycles. The number of rotatable bonds is 2. The molecule has 1 fully saturated rings. The first kappa shape index (κ1) is 10.3. The number of nitrogens with zero attached hydrogens (tertiary/aromatic N) is 3. The first-order chi connectivity index (χ1) is 7.50. The van der Waals surface area contributed by atoms with Gasteiger partial charge < -0.3 is 21.5 Å². The van der Waals surface area contributed by atoms with Crippen molar-refractivity contribution in [1.82, 2.24) is 14.7 Å². The molecule has 1 aliphatic rings. The van der Waals surface area contributed by atoms with Gasteiger partial charge in [-0.25, -0.2) is 9.48 Å². The predicted octanol–water partition coefficient (Wildman–Crippen LogP) is -0.901. The molecule has 0 radical (unpaired) electrons. The van der Waals surface area contributed by atoms with Crippen molar-refractivity contribution >= 4 is 17.8 Å². The second-order valence-electron chi connectivity index (χ2n) is 3.59. The first-order valence-corrected chi connectivity index (χ1v) is 4.61. The monoisotopic (exact) mass is 225 g/mol. The van der Waals surface area contributed by atoms with Crippen LogP contribution in [-0.2, 0) is 0 Å². The van der Waals surface area contributed by atoms with Crippen LogP contribution in [0.5, 0.6) is 0 Å². The van der Waals surface area contributed by atoms with Crippen LogP contribution in [0, 0.1) is 0 Å². The van der Waals surface area contributed by atoms with Gasteiger partial charge in [-0.2, -0.15) is 5.10 Å². The van der Waals surface area contributed by atoms with Crippen LogP contribution in [-0.4, -0.2) is 44.9 Å². The summed E-state index contributed by atoms with van der Waals surface area (Å²) in [4.78, 5) is 22.7. The summed E-state index contributed by atoms with van der Waals surface area (Å²) >= 11 is 0. The molecule has 0 unspecified atom stereocenters. The van der Waals surface area contributed by atoms with Crippen molar-refractivity contribution in [2.75, 3.05) is 18.8 Å².